The van der Waals surface area contributed by atoms with Gasteiger partial charge in [-0.25, -0.2) is 4.39 Å². The first-order valence-corrected chi connectivity index (χ1v) is 7.02. The molecule has 114 valence electrons. The number of aliphatic carboxylic acids is 1. The van der Waals surface area contributed by atoms with Gasteiger partial charge in [0.05, 0.1) is 11.3 Å². The van der Waals surface area contributed by atoms with Crippen molar-refractivity contribution in [3.05, 3.63) is 35.6 Å². The number of amides is 1. The third kappa shape index (κ3) is 2.77. The summed E-state index contributed by atoms with van der Waals surface area (Å²) in [4.78, 5) is 25.4. The van der Waals surface area contributed by atoms with Crippen LogP contribution in [0.25, 0.3) is 0 Å². The van der Waals surface area contributed by atoms with Crippen LogP contribution < -0.4 is 0 Å². The van der Waals surface area contributed by atoms with Crippen molar-refractivity contribution in [1.82, 2.24) is 4.90 Å². The number of carboxylic acids is 1. The second-order valence-corrected chi connectivity index (χ2v) is 6.24. The van der Waals surface area contributed by atoms with Crippen molar-refractivity contribution < 1.29 is 19.1 Å². The fourth-order valence-electron chi connectivity index (χ4n) is 2.93. The van der Waals surface area contributed by atoms with Crippen molar-refractivity contribution in [3.63, 3.8) is 0 Å². The molecule has 1 aliphatic heterocycles. The van der Waals surface area contributed by atoms with Crippen molar-refractivity contribution in [2.75, 3.05) is 13.1 Å². The molecular formula is C16H20FNO3. The molecule has 1 aromatic rings. The Labute approximate surface area is 123 Å². The summed E-state index contributed by atoms with van der Waals surface area (Å²) in [6.45, 7) is 5.75. The number of benzene rings is 1. The van der Waals surface area contributed by atoms with Crippen molar-refractivity contribution in [1.29, 1.82) is 0 Å². The summed E-state index contributed by atoms with van der Waals surface area (Å²) in [5.41, 5.74) is -0.681. The summed E-state index contributed by atoms with van der Waals surface area (Å²) in [7, 11) is 0. The predicted octanol–water partition coefficient (Wildman–Crippen LogP) is 2.28. The third-order valence-corrected chi connectivity index (χ3v) is 4.30. The van der Waals surface area contributed by atoms with Gasteiger partial charge in [-0.3, -0.25) is 9.59 Å². The summed E-state index contributed by atoms with van der Waals surface area (Å²) >= 11 is 0. The third-order valence-electron chi connectivity index (χ3n) is 4.30. The zero-order valence-corrected chi connectivity index (χ0v) is 12.5. The number of hydrogen-bond acceptors (Lipinski definition) is 2. The molecule has 0 aliphatic carbocycles. The Morgan fingerprint density at radius 1 is 1.29 bits per heavy atom. The largest absolute Gasteiger partial charge is 0.481 e. The van der Waals surface area contributed by atoms with Gasteiger partial charge in [0.1, 0.15) is 5.82 Å². The van der Waals surface area contributed by atoms with Crippen LogP contribution in [-0.2, 0) is 15.0 Å². The molecule has 0 radical (unpaired) electrons. The first-order valence-electron chi connectivity index (χ1n) is 7.02. The zero-order valence-electron chi connectivity index (χ0n) is 12.5. The van der Waals surface area contributed by atoms with Crippen molar-refractivity contribution in [2.24, 2.45) is 11.8 Å². The van der Waals surface area contributed by atoms with Crippen LogP contribution >= 0.6 is 0 Å². The summed E-state index contributed by atoms with van der Waals surface area (Å²) in [5, 5.41) is 9.15. The maximum Gasteiger partial charge on any atom is 0.308 e. The van der Waals surface area contributed by atoms with Gasteiger partial charge in [0.15, 0.2) is 0 Å². The van der Waals surface area contributed by atoms with Gasteiger partial charge in [-0.1, -0.05) is 25.1 Å². The van der Waals surface area contributed by atoms with E-state index in [1.807, 2.05) is 6.92 Å². The average Bonchev–Trinajstić information content (AvgIpc) is 2.80. The normalized spacial score (nSPS) is 22.4. The van der Waals surface area contributed by atoms with E-state index in [1.165, 1.54) is 11.0 Å². The van der Waals surface area contributed by atoms with Gasteiger partial charge in [0.2, 0.25) is 5.91 Å². The first kappa shape index (κ1) is 15.5. The van der Waals surface area contributed by atoms with E-state index >= 15 is 0 Å². The number of likely N-dealkylation sites (tertiary alicyclic amines) is 1. The Kier molecular flexibility index (Phi) is 4.03. The quantitative estimate of drug-likeness (QED) is 0.930. The van der Waals surface area contributed by atoms with Crippen molar-refractivity contribution >= 4 is 11.9 Å². The van der Waals surface area contributed by atoms with Gasteiger partial charge in [0, 0.05) is 18.7 Å². The molecule has 1 fully saturated rings. The maximum atomic E-state index is 13.9. The standard InChI is InChI=1S/C16H20FNO3/c1-10-8-18(9-11(10)14(19)20)15(21)16(2,3)12-6-4-5-7-13(12)17/h4-7,10-11H,8-9H2,1-3H3,(H,19,20)/t10-,11-/m1/s1. The number of carboxylic acid groups (broad SMARTS) is 1. The fourth-order valence-corrected chi connectivity index (χ4v) is 2.93. The molecule has 5 heteroatoms. The molecule has 4 nitrogen and oxygen atoms in total. The fraction of sp³-hybridized carbons (Fsp3) is 0.500. The van der Waals surface area contributed by atoms with E-state index in [4.69, 9.17) is 5.11 Å². The smallest absolute Gasteiger partial charge is 0.308 e. The number of carbonyl (C=O) groups is 2. The lowest BCUT2D eigenvalue weighted by Crippen LogP contribution is -2.43. The molecule has 0 aromatic heterocycles. The molecule has 21 heavy (non-hydrogen) atoms. The molecule has 2 rings (SSSR count). The predicted molar refractivity (Wildman–Crippen MR) is 76.3 cm³/mol. The Bertz CT molecular complexity index is 570. The van der Waals surface area contributed by atoms with Gasteiger partial charge in [-0.05, 0) is 25.8 Å². The van der Waals surface area contributed by atoms with E-state index in [1.54, 1.807) is 32.0 Å². The van der Waals surface area contributed by atoms with Crippen LogP contribution in [0.5, 0.6) is 0 Å². The molecule has 1 saturated heterocycles. The lowest BCUT2D eigenvalue weighted by atomic mass is 9.83. The molecule has 1 amide bonds. The number of halogens is 1. The van der Waals surface area contributed by atoms with Crippen molar-refractivity contribution in [2.45, 2.75) is 26.2 Å². The number of rotatable bonds is 3. The van der Waals surface area contributed by atoms with Gasteiger partial charge in [-0.15, -0.1) is 0 Å². The molecule has 1 N–H and O–H groups in total. The van der Waals surface area contributed by atoms with Gasteiger partial charge in [0.25, 0.3) is 0 Å². The number of hydrogen-bond donors (Lipinski definition) is 1. The molecular weight excluding hydrogens is 273 g/mol. The Morgan fingerprint density at radius 3 is 2.43 bits per heavy atom. The van der Waals surface area contributed by atoms with E-state index in [9.17, 15) is 14.0 Å². The van der Waals surface area contributed by atoms with Crippen LogP contribution in [0, 0.1) is 17.7 Å². The first-order chi connectivity index (χ1) is 9.75. The van der Waals surface area contributed by atoms with Gasteiger partial charge < -0.3 is 10.0 Å². The molecule has 0 spiro atoms. The van der Waals surface area contributed by atoms with Crippen LogP contribution in [-0.4, -0.2) is 35.0 Å². The summed E-state index contributed by atoms with van der Waals surface area (Å²) in [6.07, 6.45) is 0. The highest BCUT2D eigenvalue weighted by molar-refractivity contribution is 5.88. The van der Waals surface area contributed by atoms with E-state index in [0.29, 0.717) is 12.1 Å². The molecule has 1 heterocycles. The van der Waals surface area contributed by atoms with Crippen LogP contribution in [0.15, 0.2) is 24.3 Å². The molecule has 0 saturated carbocycles. The Morgan fingerprint density at radius 2 is 1.90 bits per heavy atom. The SMILES string of the molecule is C[C@@H]1CN(C(=O)C(C)(C)c2ccccc2F)C[C@H]1C(=O)O. The summed E-state index contributed by atoms with van der Waals surface area (Å²) < 4.78 is 13.9. The van der Waals surface area contributed by atoms with Gasteiger partial charge >= 0.3 is 5.97 Å². The number of carbonyl (C=O) groups excluding carboxylic acids is 1. The van der Waals surface area contributed by atoms with Crippen LogP contribution in [0.2, 0.25) is 0 Å². The minimum atomic E-state index is -1.02. The monoisotopic (exact) mass is 293 g/mol. The van der Waals surface area contributed by atoms with E-state index in [0.717, 1.165) is 0 Å². The average molecular weight is 293 g/mol. The molecule has 0 unspecified atom stereocenters. The second-order valence-electron chi connectivity index (χ2n) is 6.24. The van der Waals surface area contributed by atoms with Crippen LogP contribution in [0.3, 0.4) is 0 Å². The number of nitrogens with zero attached hydrogens (tertiary/aromatic N) is 1. The summed E-state index contributed by atoms with van der Waals surface area (Å²) in [6, 6.07) is 6.20. The highest BCUT2D eigenvalue weighted by atomic mass is 19.1. The minimum absolute atomic E-state index is 0.0946. The van der Waals surface area contributed by atoms with Crippen LogP contribution in [0.4, 0.5) is 4.39 Å². The molecule has 1 aromatic carbocycles. The van der Waals surface area contributed by atoms with E-state index in [-0.39, 0.29) is 18.4 Å². The second kappa shape index (κ2) is 5.47. The maximum absolute atomic E-state index is 13.9. The lowest BCUT2D eigenvalue weighted by molar-refractivity contribution is -0.142. The van der Waals surface area contributed by atoms with Crippen molar-refractivity contribution in [3.8, 4) is 0 Å². The van der Waals surface area contributed by atoms with E-state index < -0.39 is 23.1 Å². The van der Waals surface area contributed by atoms with Gasteiger partial charge in [-0.2, -0.15) is 0 Å². The highest BCUT2D eigenvalue weighted by Gasteiger charge is 2.42. The molecule has 0 bridgehead atoms. The molecule has 2 atom stereocenters. The minimum Gasteiger partial charge on any atom is -0.481 e. The zero-order chi connectivity index (χ0) is 15.8. The topological polar surface area (TPSA) is 57.6 Å². The highest BCUT2D eigenvalue weighted by Crippen LogP contribution is 2.32. The molecule has 1 aliphatic rings. The Hall–Kier alpha value is -1.91. The van der Waals surface area contributed by atoms with Crippen LogP contribution in [0.1, 0.15) is 26.3 Å². The Balaban J connectivity index is 2.24. The lowest BCUT2D eigenvalue weighted by Gasteiger charge is -2.30. The van der Waals surface area contributed by atoms with E-state index in [2.05, 4.69) is 0 Å². The summed E-state index contributed by atoms with van der Waals surface area (Å²) in [5.74, 6) is -2.18.